The fraction of sp³-hybridized carbons (Fsp3) is 0.211. The summed E-state index contributed by atoms with van der Waals surface area (Å²) in [5, 5.41) is 0. The summed E-state index contributed by atoms with van der Waals surface area (Å²) in [7, 11) is -3.19. The summed E-state index contributed by atoms with van der Waals surface area (Å²) in [4.78, 5) is 11.7. The Balaban J connectivity index is 2.04. The van der Waals surface area contributed by atoms with Gasteiger partial charge in [-0.05, 0) is 47.2 Å². The maximum Gasteiger partial charge on any atom is 0.175 e. The van der Waals surface area contributed by atoms with Gasteiger partial charge in [0.2, 0.25) is 0 Å². The molecule has 1 aliphatic carbocycles. The smallest absolute Gasteiger partial charge is 0.175 e. The molecular formula is C19H18O3S. The maximum absolute atomic E-state index is 11.5. The minimum Gasteiger partial charge on any atom is -0.303 e. The Bertz CT molecular complexity index is 862. The number of rotatable bonds is 3. The van der Waals surface area contributed by atoms with E-state index in [2.05, 4.69) is 6.07 Å². The average Bonchev–Trinajstić information content (AvgIpc) is 2.55. The molecule has 0 saturated carbocycles. The molecule has 1 atom stereocenters. The first-order valence-corrected chi connectivity index (χ1v) is 9.43. The first-order valence-electron chi connectivity index (χ1n) is 7.54. The van der Waals surface area contributed by atoms with Crippen LogP contribution in [0.25, 0.3) is 11.6 Å². The van der Waals surface area contributed by atoms with Crippen molar-refractivity contribution in [1.82, 2.24) is 0 Å². The van der Waals surface area contributed by atoms with Gasteiger partial charge in [0.05, 0.1) is 4.90 Å². The van der Waals surface area contributed by atoms with Gasteiger partial charge in [0.1, 0.15) is 6.29 Å². The highest BCUT2D eigenvalue weighted by Crippen LogP contribution is 2.35. The Morgan fingerprint density at radius 2 is 1.74 bits per heavy atom. The third-order valence-electron chi connectivity index (χ3n) is 4.25. The number of fused-ring (bicyclic) bond motifs is 1. The highest BCUT2D eigenvalue weighted by molar-refractivity contribution is 7.90. The zero-order chi connectivity index (χ0) is 16.4. The predicted molar refractivity (Wildman–Crippen MR) is 91.7 cm³/mol. The number of aryl methyl sites for hydroxylation is 1. The van der Waals surface area contributed by atoms with E-state index in [-0.39, 0.29) is 5.92 Å². The van der Waals surface area contributed by atoms with Gasteiger partial charge in [-0.3, -0.25) is 0 Å². The van der Waals surface area contributed by atoms with Crippen molar-refractivity contribution in [3.63, 3.8) is 0 Å². The van der Waals surface area contributed by atoms with E-state index in [4.69, 9.17) is 0 Å². The molecule has 118 valence electrons. The lowest BCUT2D eigenvalue weighted by atomic mass is 9.79. The van der Waals surface area contributed by atoms with E-state index in [9.17, 15) is 13.2 Å². The summed E-state index contributed by atoms with van der Waals surface area (Å²) in [6.45, 7) is 0. The number of hydrogen-bond donors (Lipinski definition) is 0. The van der Waals surface area contributed by atoms with Crippen molar-refractivity contribution in [2.24, 2.45) is 5.92 Å². The largest absolute Gasteiger partial charge is 0.303 e. The van der Waals surface area contributed by atoms with Crippen molar-refractivity contribution in [3.05, 3.63) is 65.2 Å². The molecule has 0 bridgehead atoms. The SMILES string of the molecule is CS(=O)(=O)c1ccc(C=C2c3ccccc3CCC2C=O)cc1. The molecule has 0 fully saturated rings. The Kier molecular flexibility index (Phi) is 4.18. The fourth-order valence-corrected chi connectivity index (χ4v) is 3.63. The van der Waals surface area contributed by atoms with Crippen molar-refractivity contribution in [2.75, 3.05) is 6.26 Å². The van der Waals surface area contributed by atoms with Gasteiger partial charge in [-0.15, -0.1) is 0 Å². The van der Waals surface area contributed by atoms with E-state index in [0.717, 1.165) is 35.8 Å². The summed E-state index contributed by atoms with van der Waals surface area (Å²) >= 11 is 0. The second-order valence-electron chi connectivity index (χ2n) is 5.88. The number of carbonyl (C=O) groups is 1. The van der Waals surface area contributed by atoms with Gasteiger partial charge < -0.3 is 4.79 Å². The minimum atomic E-state index is -3.19. The molecule has 3 rings (SSSR count). The standard InChI is InChI=1S/C19H18O3S/c1-23(21,22)17-10-6-14(7-11-17)12-19-16(13-20)9-8-15-4-2-3-5-18(15)19/h2-7,10-13,16H,8-9H2,1H3. The summed E-state index contributed by atoms with van der Waals surface area (Å²) < 4.78 is 23.1. The summed E-state index contributed by atoms with van der Waals surface area (Å²) in [6.07, 6.45) is 5.91. The lowest BCUT2D eigenvalue weighted by molar-refractivity contribution is -0.109. The van der Waals surface area contributed by atoms with Crippen molar-refractivity contribution in [2.45, 2.75) is 17.7 Å². The zero-order valence-corrected chi connectivity index (χ0v) is 13.7. The molecule has 0 radical (unpaired) electrons. The third kappa shape index (κ3) is 3.27. The van der Waals surface area contributed by atoms with Crippen LogP contribution in [0.4, 0.5) is 0 Å². The monoisotopic (exact) mass is 326 g/mol. The van der Waals surface area contributed by atoms with Gasteiger partial charge in [0, 0.05) is 12.2 Å². The lowest BCUT2D eigenvalue weighted by Crippen LogP contribution is -2.14. The Labute approximate surface area is 136 Å². The van der Waals surface area contributed by atoms with Crippen LogP contribution in [0.2, 0.25) is 0 Å². The average molecular weight is 326 g/mol. The molecule has 23 heavy (non-hydrogen) atoms. The van der Waals surface area contributed by atoms with Crippen LogP contribution >= 0.6 is 0 Å². The molecule has 1 aliphatic rings. The Morgan fingerprint density at radius 1 is 1.04 bits per heavy atom. The van der Waals surface area contributed by atoms with E-state index in [1.165, 1.54) is 11.8 Å². The molecule has 1 unspecified atom stereocenters. The zero-order valence-electron chi connectivity index (χ0n) is 12.9. The second kappa shape index (κ2) is 6.13. The molecule has 0 N–H and O–H groups in total. The summed E-state index contributed by atoms with van der Waals surface area (Å²) in [5.74, 6) is -0.112. The van der Waals surface area contributed by atoms with Crippen LogP contribution in [0.15, 0.2) is 53.4 Å². The fourth-order valence-electron chi connectivity index (χ4n) is 3.00. The minimum absolute atomic E-state index is 0.112. The van der Waals surface area contributed by atoms with E-state index in [1.807, 2.05) is 24.3 Å². The van der Waals surface area contributed by atoms with E-state index >= 15 is 0 Å². The third-order valence-corrected chi connectivity index (χ3v) is 5.38. The molecular weight excluding hydrogens is 308 g/mol. The van der Waals surface area contributed by atoms with Crippen LogP contribution in [0, 0.1) is 5.92 Å². The quantitative estimate of drug-likeness (QED) is 0.812. The predicted octanol–water partition coefficient (Wildman–Crippen LogP) is 3.39. The molecule has 0 aliphatic heterocycles. The first kappa shape index (κ1) is 15.7. The highest BCUT2D eigenvalue weighted by Gasteiger charge is 2.23. The van der Waals surface area contributed by atoms with Gasteiger partial charge in [0.25, 0.3) is 0 Å². The Hall–Kier alpha value is -2.20. The van der Waals surface area contributed by atoms with Crippen molar-refractivity contribution >= 4 is 27.8 Å². The molecule has 2 aromatic carbocycles. The van der Waals surface area contributed by atoms with Crippen molar-refractivity contribution in [3.8, 4) is 0 Å². The number of sulfone groups is 1. The number of benzene rings is 2. The number of carbonyl (C=O) groups excluding carboxylic acids is 1. The van der Waals surface area contributed by atoms with Crippen molar-refractivity contribution in [1.29, 1.82) is 0 Å². The van der Waals surface area contributed by atoms with Crippen LogP contribution in [-0.2, 0) is 21.1 Å². The lowest BCUT2D eigenvalue weighted by Gasteiger charge is -2.24. The number of aldehydes is 1. The number of hydrogen-bond acceptors (Lipinski definition) is 3. The van der Waals surface area contributed by atoms with Crippen LogP contribution in [0.5, 0.6) is 0 Å². The van der Waals surface area contributed by atoms with E-state index in [0.29, 0.717) is 4.90 Å². The first-order chi connectivity index (χ1) is 11.0. The molecule has 0 spiro atoms. The molecule has 2 aromatic rings. The van der Waals surface area contributed by atoms with Gasteiger partial charge in [-0.2, -0.15) is 0 Å². The van der Waals surface area contributed by atoms with Gasteiger partial charge in [-0.25, -0.2) is 8.42 Å². The summed E-state index contributed by atoms with van der Waals surface area (Å²) in [5.41, 5.74) is 4.28. The van der Waals surface area contributed by atoms with Crippen LogP contribution in [0.3, 0.4) is 0 Å². The van der Waals surface area contributed by atoms with E-state index in [1.54, 1.807) is 24.3 Å². The summed E-state index contributed by atoms with van der Waals surface area (Å²) in [6, 6.07) is 14.9. The van der Waals surface area contributed by atoms with Gasteiger partial charge in [-0.1, -0.05) is 42.5 Å². The van der Waals surface area contributed by atoms with Crippen LogP contribution < -0.4 is 0 Å². The van der Waals surface area contributed by atoms with Crippen molar-refractivity contribution < 1.29 is 13.2 Å². The van der Waals surface area contributed by atoms with Crippen LogP contribution in [-0.4, -0.2) is 21.0 Å². The number of allylic oxidation sites excluding steroid dienone is 1. The van der Waals surface area contributed by atoms with Gasteiger partial charge >= 0.3 is 0 Å². The second-order valence-corrected chi connectivity index (χ2v) is 7.90. The molecule has 4 heteroatoms. The topological polar surface area (TPSA) is 51.2 Å². The molecule has 0 amide bonds. The molecule has 0 heterocycles. The van der Waals surface area contributed by atoms with Crippen LogP contribution in [0.1, 0.15) is 23.1 Å². The molecule has 0 saturated heterocycles. The normalized spacial score (nSPS) is 19.3. The van der Waals surface area contributed by atoms with Gasteiger partial charge in [0.15, 0.2) is 9.84 Å². The Morgan fingerprint density at radius 3 is 2.39 bits per heavy atom. The highest BCUT2D eigenvalue weighted by atomic mass is 32.2. The van der Waals surface area contributed by atoms with E-state index < -0.39 is 9.84 Å². The molecule has 0 aromatic heterocycles. The maximum atomic E-state index is 11.5. The molecule has 3 nitrogen and oxygen atoms in total.